The molecule has 0 unspecified atom stereocenters. The third-order valence-electron chi connectivity index (χ3n) is 8.17. The quantitative estimate of drug-likeness (QED) is 0.165. The predicted molar refractivity (Wildman–Crippen MR) is 206 cm³/mol. The lowest BCUT2D eigenvalue weighted by molar-refractivity contribution is -0.167. The minimum absolute atomic E-state index is 0.122. The van der Waals surface area contributed by atoms with Crippen LogP contribution >= 0.6 is 11.3 Å². The number of nitrogens with one attached hydrogen (secondary N) is 2. The molecule has 2 N–H and O–H groups in total. The van der Waals surface area contributed by atoms with Crippen molar-refractivity contribution < 1.29 is 43.0 Å². The maximum Gasteiger partial charge on any atom is 0.408 e. The Kier molecular flexibility index (Phi) is 16.6. The van der Waals surface area contributed by atoms with E-state index in [9.17, 15) is 28.8 Å². The molecule has 0 saturated carbocycles. The van der Waals surface area contributed by atoms with Crippen molar-refractivity contribution in [2.24, 2.45) is 5.92 Å². The molecule has 0 aliphatic carbocycles. The molecule has 4 amide bonds. The van der Waals surface area contributed by atoms with Crippen LogP contribution in [0.2, 0.25) is 0 Å². The average Bonchev–Trinajstić information content (AvgIpc) is 3.55. The first-order valence-electron chi connectivity index (χ1n) is 18.2. The second-order valence-electron chi connectivity index (χ2n) is 15.7. The first kappa shape index (κ1) is 45.6. The Morgan fingerprint density at radius 2 is 1.43 bits per heavy atom. The highest BCUT2D eigenvalue weighted by atomic mass is 32.1. The lowest BCUT2D eigenvalue weighted by atomic mass is 9.98. The van der Waals surface area contributed by atoms with Crippen LogP contribution in [0.1, 0.15) is 116 Å². The van der Waals surface area contributed by atoms with Gasteiger partial charge in [-0.05, 0) is 73.3 Å². The van der Waals surface area contributed by atoms with Gasteiger partial charge in [0.2, 0.25) is 5.91 Å². The van der Waals surface area contributed by atoms with Crippen LogP contribution in [-0.4, -0.2) is 100 Å². The summed E-state index contributed by atoms with van der Waals surface area (Å²) >= 11 is 1.20. The van der Waals surface area contributed by atoms with Gasteiger partial charge in [-0.3, -0.25) is 19.2 Å². The summed E-state index contributed by atoms with van der Waals surface area (Å²) in [5.74, 6) is -3.25. The molecule has 2 rings (SSSR count). The predicted octanol–water partition coefficient (Wildman–Crippen LogP) is 5.45. The van der Waals surface area contributed by atoms with Crippen molar-refractivity contribution in [3.63, 3.8) is 0 Å². The monoisotopic (exact) mass is 773 g/mol. The molecule has 0 spiro atoms. The number of thiazole rings is 1. The number of ether oxygens (including phenoxy) is 3. The number of hydrogen-bond acceptors (Lipinski definition) is 11. The van der Waals surface area contributed by atoms with Crippen LogP contribution in [0.3, 0.4) is 0 Å². The number of esters is 2. The summed E-state index contributed by atoms with van der Waals surface area (Å²) in [7, 11) is 2.98. The van der Waals surface area contributed by atoms with Gasteiger partial charge in [0.25, 0.3) is 11.8 Å². The third kappa shape index (κ3) is 14.4. The minimum Gasteiger partial charge on any atom is -0.458 e. The number of benzene rings is 1. The maximum atomic E-state index is 14.1. The van der Waals surface area contributed by atoms with E-state index in [0.29, 0.717) is 11.4 Å². The van der Waals surface area contributed by atoms with E-state index in [1.807, 2.05) is 30.3 Å². The van der Waals surface area contributed by atoms with E-state index >= 15 is 0 Å². The smallest absolute Gasteiger partial charge is 0.408 e. The van der Waals surface area contributed by atoms with E-state index in [1.54, 1.807) is 74.6 Å². The summed E-state index contributed by atoms with van der Waals surface area (Å²) < 4.78 is 16.5. The molecule has 0 aliphatic heterocycles. The van der Waals surface area contributed by atoms with E-state index in [0.717, 1.165) is 5.56 Å². The van der Waals surface area contributed by atoms with Crippen molar-refractivity contribution in [3.05, 3.63) is 52.0 Å². The molecular formula is C39H59N5O9S. The number of rotatable bonds is 16. The Morgan fingerprint density at radius 3 is 1.96 bits per heavy atom. The molecule has 1 heterocycles. The average molecular weight is 774 g/mol. The number of amides is 4. The van der Waals surface area contributed by atoms with Crippen molar-refractivity contribution in [1.82, 2.24) is 25.4 Å². The van der Waals surface area contributed by atoms with E-state index in [4.69, 9.17) is 14.2 Å². The molecule has 1 aromatic heterocycles. The molecule has 14 nitrogen and oxygen atoms in total. The van der Waals surface area contributed by atoms with E-state index in [-0.39, 0.29) is 24.5 Å². The van der Waals surface area contributed by atoms with Crippen LogP contribution in [0.25, 0.3) is 0 Å². The first-order chi connectivity index (χ1) is 24.9. The number of hydrogen-bond donors (Lipinski definition) is 2. The summed E-state index contributed by atoms with van der Waals surface area (Å²) in [6.45, 7) is 19.0. The Balaban J connectivity index is 2.09. The van der Waals surface area contributed by atoms with Gasteiger partial charge in [0.15, 0.2) is 6.10 Å². The molecule has 0 radical (unpaired) electrons. The highest BCUT2D eigenvalue weighted by Gasteiger charge is 2.39. The molecule has 0 bridgehead atoms. The van der Waals surface area contributed by atoms with Gasteiger partial charge in [0, 0.05) is 31.9 Å². The maximum absolute atomic E-state index is 14.1. The van der Waals surface area contributed by atoms with E-state index in [2.05, 4.69) is 15.6 Å². The normalized spacial score (nSPS) is 14.5. The van der Waals surface area contributed by atoms with E-state index in [1.165, 1.54) is 42.2 Å². The van der Waals surface area contributed by atoms with Crippen LogP contribution in [-0.2, 0) is 39.8 Å². The van der Waals surface area contributed by atoms with E-state index < -0.39 is 77.2 Å². The fraction of sp³-hybridized carbons (Fsp3) is 0.615. The van der Waals surface area contributed by atoms with Gasteiger partial charge in [-0.25, -0.2) is 14.6 Å². The number of carbonyl (C=O) groups is 6. The van der Waals surface area contributed by atoms with Gasteiger partial charge < -0.3 is 34.6 Å². The van der Waals surface area contributed by atoms with Crippen LogP contribution in [0.4, 0.5) is 4.79 Å². The van der Waals surface area contributed by atoms with Crippen molar-refractivity contribution in [1.29, 1.82) is 0 Å². The Labute approximate surface area is 323 Å². The third-order valence-corrected chi connectivity index (χ3v) is 9.20. The Morgan fingerprint density at radius 1 is 0.833 bits per heavy atom. The number of likely N-dealkylation sites (N-methyl/N-ethyl adjacent to an activating group) is 2. The van der Waals surface area contributed by atoms with Crippen LogP contribution in [0.15, 0.2) is 35.7 Å². The fourth-order valence-corrected chi connectivity index (χ4v) is 6.27. The first-order valence-corrected chi connectivity index (χ1v) is 19.1. The molecular weight excluding hydrogens is 715 g/mol. The second kappa shape index (κ2) is 19.7. The van der Waals surface area contributed by atoms with Crippen LogP contribution in [0, 0.1) is 5.92 Å². The molecule has 1 aromatic carbocycles. The number of carbonyl (C=O) groups excluding carboxylic acids is 6. The van der Waals surface area contributed by atoms with Gasteiger partial charge in [-0.1, -0.05) is 51.1 Å². The van der Waals surface area contributed by atoms with Crippen molar-refractivity contribution in [2.75, 3.05) is 14.1 Å². The Hall–Kier alpha value is -4.53. The zero-order chi connectivity index (χ0) is 41.1. The largest absolute Gasteiger partial charge is 0.458 e. The molecule has 300 valence electrons. The van der Waals surface area contributed by atoms with Gasteiger partial charge in [0.1, 0.15) is 34.0 Å². The number of alkyl carbamates (subject to hydrolysis) is 1. The molecule has 2 aromatic rings. The summed E-state index contributed by atoms with van der Waals surface area (Å²) in [4.78, 5) is 86.2. The molecule has 0 aliphatic rings. The van der Waals surface area contributed by atoms with Crippen molar-refractivity contribution in [3.8, 4) is 0 Å². The molecule has 54 heavy (non-hydrogen) atoms. The number of nitrogens with zero attached hydrogens (tertiary/aromatic N) is 3. The van der Waals surface area contributed by atoms with Crippen molar-refractivity contribution in [2.45, 2.75) is 137 Å². The highest BCUT2D eigenvalue weighted by molar-refractivity contribution is 7.09. The fourth-order valence-electron chi connectivity index (χ4n) is 5.46. The minimum atomic E-state index is -1.25. The number of aromatic nitrogens is 1. The second-order valence-corrected chi connectivity index (χ2v) is 16.6. The molecule has 15 heteroatoms. The summed E-state index contributed by atoms with van der Waals surface area (Å²) in [5, 5.41) is 7.53. The summed E-state index contributed by atoms with van der Waals surface area (Å²) in [5.41, 5.74) is -0.500. The zero-order valence-corrected chi connectivity index (χ0v) is 34.8. The lowest BCUT2D eigenvalue weighted by Crippen LogP contribution is -2.57. The molecule has 5 atom stereocenters. The van der Waals surface area contributed by atoms with Crippen molar-refractivity contribution >= 4 is 47.1 Å². The SMILES string of the molecule is CC[C@H](CC(=O)O[C@@H](C)C(=O)N(C)[C@H](C(=O)N(C)[C@@H](Cc1ccccc1)C(=O)OC(C)(C)C)C(C)C)NC(=O)c1csc([C@H](C)NC(=O)OC(C)(C)C)n1. The Bertz CT molecular complexity index is 1600. The highest BCUT2D eigenvalue weighted by Crippen LogP contribution is 2.22. The van der Waals surface area contributed by atoms with Gasteiger partial charge in [-0.2, -0.15) is 0 Å². The van der Waals surface area contributed by atoms with Gasteiger partial charge in [0.05, 0.1) is 12.5 Å². The molecule has 0 saturated heterocycles. The lowest BCUT2D eigenvalue weighted by Gasteiger charge is -2.37. The van der Waals surface area contributed by atoms with Gasteiger partial charge in [-0.15, -0.1) is 11.3 Å². The van der Waals surface area contributed by atoms with Crippen LogP contribution < -0.4 is 10.6 Å². The summed E-state index contributed by atoms with van der Waals surface area (Å²) in [6.07, 6.45) is -1.49. The standard InChI is InChI=1S/C39H59N5O9S/c1-14-27(41-32(46)28-22-54-33(42-28)24(4)40-37(50)53-39(9,10)11)21-30(45)51-25(5)34(47)44(13)31(23(2)3)35(48)43(12)29(36(49)52-38(6,7)8)20-26-18-16-15-17-19-26/h15-19,22-25,27,29,31H,14,20-21H2,1-13H3,(H,40,50)(H,41,46)/t24-,25-,27+,29-,31-/m0/s1. The van der Waals surface area contributed by atoms with Gasteiger partial charge >= 0.3 is 18.0 Å². The molecule has 0 fully saturated rings. The topological polar surface area (TPSA) is 174 Å². The zero-order valence-electron chi connectivity index (χ0n) is 34.0. The van der Waals surface area contributed by atoms with Crippen LogP contribution in [0.5, 0.6) is 0 Å². The summed E-state index contributed by atoms with van der Waals surface area (Å²) in [6, 6.07) is 6.19.